The molecule has 46 heavy (non-hydrogen) atoms. The van der Waals surface area contributed by atoms with Crippen LogP contribution >= 0.6 is 0 Å². The number of aryl methyl sites for hydroxylation is 4. The lowest BCUT2D eigenvalue weighted by atomic mass is 10.2. The van der Waals surface area contributed by atoms with Crippen LogP contribution in [0, 0.1) is 13.8 Å². The minimum absolute atomic E-state index is 0.00167. The number of rotatable bonds is 10. The van der Waals surface area contributed by atoms with Crippen LogP contribution in [0.25, 0.3) is 11.9 Å². The number of hydrogen-bond donors (Lipinski definition) is 2. The molecule has 0 fully saturated rings. The molecule has 0 radical (unpaired) electrons. The predicted octanol–water partition coefficient (Wildman–Crippen LogP) is 1.50. The van der Waals surface area contributed by atoms with Gasteiger partial charge in [-0.1, -0.05) is 0 Å². The van der Waals surface area contributed by atoms with Crippen LogP contribution in [0.4, 0.5) is 34.6 Å². The first-order valence-corrected chi connectivity index (χ1v) is 12.9. The zero-order valence-corrected chi connectivity index (χ0v) is 25.1. The molecule has 0 atom stereocenters. The summed E-state index contributed by atoms with van der Waals surface area (Å²) in [6.45, 7) is 3.24. The standard InChI is InChI=1S/C24H25N17O5/c1-10-15(32-34-19-12(14(43)9-42)7-27-38(19)3)17(25)40(36-10)22-29-23(31-24(30-22)46-6)41-18(26)16(11(2)37-41)33-35-20-13(21(44)45-5)8-28-39(20)4/h7-9H,25-26H2,1-6H3/b34-32+,35-33+. The largest absolute Gasteiger partial charge is 0.467 e. The number of aromatic nitrogens is 11. The van der Waals surface area contributed by atoms with Gasteiger partial charge in [-0.3, -0.25) is 9.59 Å². The minimum atomic E-state index is -0.812. The number of aldehydes is 1. The van der Waals surface area contributed by atoms with Crippen molar-refractivity contribution in [3.8, 4) is 17.9 Å². The number of nitrogen functional groups attached to an aromatic ring is 2. The van der Waals surface area contributed by atoms with Crippen LogP contribution in [-0.2, 0) is 23.6 Å². The lowest BCUT2D eigenvalue weighted by Crippen LogP contribution is -2.14. The third kappa shape index (κ3) is 5.40. The van der Waals surface area contributed by atoms with E-state index in [1.54, 1.807) is 20.9 Å². The van der Waals surface area contributed by atoms with Crippen LogP contribution < -0.4 is 16.2 Å². The van der Waals surface area contributed by atoms with Gasteiger partial charge in [0.2, 0.25) is 5.78 Å². The summed E-state index contributed by atoms with van der Waals surface area (Å²) in [5.41, 5.74) is 13.8. The average Bonchev–Trinajstić information content (AvgIpc) is 3.77. The van der Waals surface area contributed by atoms with Gasteiger partial charge in [-0.25, -0.2) is 14.2 Å². The number of esters is 1. The highest BCUT2D eigenvalue weighted by molar-refractivity contribution is 6.34. The Morgan fingerprint density at radius 1 is 0.783 bits per heavy atom. The van der Waals surface area contributed by atoms with Crippen molar-refractivity contribution < 1.29 is 23.9 Å². The van der Waals surface area contributed by atoms with Crippen molar-refractivity contribution in [2.75, 3.05) is 25.7 Å². The fourth-order valence-corrected chi connectivity index (χ4v) is 4.03. The van der Waals surface area contributed by atoms with Crippen molar-refractivity contribution in [2.45, 2.75) is 13.8 Å². The van der Waals surface area contributed by atoms with Gasteiger partial charge in [-0.05, 0) is 13.8 Å². The molecule has 5 rings (SSSR count). The Hall–Kier alpha value is -6.74. The number of anilines is 2. The SMILES string of the molecule is COC(=O)c1cnn(C)c1/N=N/c1c(C)nn(-c2nc(OC)nc(-n3nc(C)c(/N=N/c4c(C(=O)C=O)cnn4C)c3N)n2)c1N. The van der Waals surface area contributed by atoms with Gasteiger partial charge in [0.1, 0.15) is 5.56 Å². The maximum atomic E-state index is 12.1. The number of Topliss-reactive ketones (excluding diaryl/α,β-unsaturated/α-hetero) is 1. The first-order chi connectivity index (χ1) is 22.0. The molecule has 0 bridgehead atoms. The lowest BCUT2D eigenvalue weighted by molar-refractivity contribution is -0.104. The zero-order chi connectivity index (χ0) is 33.3. The molecule has 0 unspecified atom stereocenters. The summed E-state index contributed by atoms with van der Waals surface area (Å²) >= 11 is 0. The Kier molecular flexibility index (Phi) is 8.08. The third-order valence-electron chi connectivity index (χ3n) is 6.36. The molecule has 0 aliphatic rings. The van der Waals surface area contributed by atoms with E-state index >= 15 is 0 Å². The highest BCUT2D eigenvalue weighted by atomic mass is 16.5. The van der Waals surface area contributed by atoms with E-state index in [1.807, 2.05) is 0 Å². The molecule has 0 aliphatic heterocycles. The maximum absolute atomic E-state index is 12.1. The van der Waals surface area contributed by atoms with E-state index in [1.165, 1.54) is 52.4 Å². The Bertz CT molecular complexity index is 2060. The molecule has 4 N–H and O–H groups in total. The summed E-state index contributed by atoms with van der Waals surface area (Å²) in [6.07, 6.45) is 2.66. The number of nitrogens with two attached hydrogens (primary N) is 2. The van der Waals surface area contributed by atoms with Crippen LogP contribution in [-0.4, -0.2) is 86.3 Å². The van der Waals surface area contributed by atoms with Gasteiger partial charge < -0.3 is 20.9 Å². The number of ether oxygens (including phenoxy) is 2. The molecular weight excluding hydrogens is 606 g/mol. The Labute approximate surface area is 257 Å². The molecule has 0 saturated carbocycles. The third-order valence-corrected chi connectivity index (χ3v) is 6.36. The van der Waals surface area contributed by atoms with Crippen LogP contribution in [0.2, 0.25) is 0 Å². The Morgan fingerprint density at radius 3 is 1.72 bits per heavy atom. The molecule has 5 aromatic rings. The molecule has 0 saturated heterocycles. The summed E-state index contributed by atoms with van der Waals surface area (Å²) in [7, 11) is 5.69. The van der Waals surface area contributed by atoms with Crippen molar-refractivity contribution >= 4 is 52.7 Å². The lowest BCUT2D eigenvalue weighted by Gasteiger charge is -2.08. The highest BCUT2D eigenvalue weighted by Gasteiger charge is 2.23. The quantitative estimate of drug-likeness (QED) is 0.0726. The van der Waals surface area contributed by atoms with Gasteiger partial charge in [0.25, 0.3) is 11.9 Å². The monoisotopic (exact) mass is 631 g/mol. The van der Waals surface area contributed by atoms with E-state index < -0.39 is 11.8 Å². The number of methoxy groups -OCH3 is 2. The summed E-state index contributed by atoms with van der Waals surface area (Å²) in [5, 5.41) is 33.3. The van der Waals surface area contributed by atoms with Crippen molar-refractivity contribution in [2.24, 2.45) is 34.6 Å². The molecule has 22 heteroatoms. The first-order valence-electron chi connectivity index (χ1n) is 12.9. The summed E-state index contributed by atoms with van der Waals surface area (Å²) in [5.74, 6) is -1.48. The number of carbonyl (C=O) groups excluding carboxylic acids is 3. The molecule has 0 aromatic carbocycles. The Morgan fingerprint density at radius 2 is 1.26 bits per heavy atom. The van der Waals surface area contributed by atoms with Crippen molar-refractivity contribution in [3.05, 3.63) is 34.9 Å². The number of azo groups is 2. The first kappa shape index (κ1) is 30.7. The molecule has 0 amide bonds. The van der Waals surface area contributed by atoms with Gasteiger partial charge in [0.15, 0.2) is 40.9 Å². The number of hydrogen-bond acceptors (Lipinski definition) is 18. The number of nitrogens with zero attached hydrogens (tertiary/aromatic N) is 15. The second-order valence-electron chi connectivity index (χ2n) is 9.27. The van der Waals surface area contributed by atoms with Gasteiger partial charge in [0.05, 0.1) is 43.6 Å². The van der Waals surface area contributed by atoms with Crippen LogP contribution in [0.15, 0.2) is 32.9 Å². The summed E-state index contributed by atoms with van der Waals surface area (Å²) in [4.78, 5) is 47.9. The summed E-state index contributed by atoms with van der Waals surface area (Å²) < 4.78 is 15.0. The van der Waals surface area contributed by atoms with E-state index in [0.29, 0.717) is 11.4 Å². The molecule has 236 valence electrons. The topological polar surface area (TPSA) is 281 Å². The zero-order valence-electron chi connectivity index (χ0n) is 25.1. The highest BCUT2D eigenvalue weighted by Crippen LogP contribution is 2.33. The molecule has 5 aromatic heterocycles. The van der Waals surface area contributed by atoms with Gasteiger partial charge in [0, 0.05) is 14.1 Å². The van der Waals surface area contributed by atoms with Crippen molar-refractivity contribution in [1.82, 2.24) is 54.1 Å². The Balaban J connectivity index is 1.53. The number of ketones is 1. The fourth-order valence-electron chi connectivity index (χ4n) is 4.03. The minimum Gasteiger partial charge on any atom is -0.467 e. The van der Waals surface area contributed by atoms with Crippen molar-refractivity contribution in [3.63, 3.8) is 0 Å². The van der Waals surface area contributed by atoms with Gasteiger partial charge in [-0.2, -0.15) is 44.7 Å². The average molecular weight is 632 g/mol. The van der Waals surface area contributed by atoms with Gasteiger partial charge >= 0.3 is 12.0 Å². The van der Waals surface area contributed by atoms with Crippen LogP contribution in [0.1, 0.15) is 32.1 Å². The second-order valence-corrected chi connectivity index (χ2v) is 9.27. The molecule has 0 aliphatic carbocycles. The predicted molar refractivity (Wildman–Crippen MR) is 155 cm³/mol. The van der Waals surface area contributed by atoms with Crippen LogP contribution in [0.5, 0.6) is 6.01 Å². The smallest absolute Gasteiger partial charge is 0.343 e. The molecular formula is C24H25N17O5. The second kappa shape index (κ2) is 12.1. The van der Waals surface area contributed by atoms with E-state index in [0.717, 1.165) is 0 Å². The molecule has 22 nitrogen and oxygen atoms in total. The normalized spacial score (nSPS) is 11.5. The number of carbonyl (C=O) groups is 3. The maximum Gasteiger partial charge on any atom is 0.343 e. The van der Waals surface area contributed by atoms with E-state index in [-0.39, 0.29) is 70.0 Å². The molecule has 5 heterocycles. The summed E-state index contributed by atoms with van der Waals surface area (Å²) in [6, 6.07) is -0.129. The fraction of sp³-hybridized carbons (Fsp3) is 0.250. The van der Waals surface area contributed by atoms with E-state index in [2.05, 4.69) is 55.8 Å². The van der Waals surface area contributed by atoms with E-state index in [4.69, 9.17) is 20.9 Å². The molecule has 0 spiro atoms. The van der Waals surface area contributed by atoms with Crippen LogP contribution in [0.3, 0.4) is 0 Å². The van der Waals surface area contributed by atoms with Gasteiger partial charge in [-0.15, -0.1) is 20.5 Å². The van der Waals surface area contributed by atoms with E-state index in [9.17, 15) is 14.4 Å². The van der Waals surface area contributed by atoms with Crippen molar-refractivity contribution in [1.29, 1.82) is 0 Å².